The van der Waals surface area contributed by atoms with Crippen molar-refractivity contribution in [2.45, 2.75) is 30.8 Å². The number of carboxylic acid groups (broad SMARTS) is 1. The molecule has 1 rings (SSSR count). The molecule has 0 saturated carbocycles. The quantitative estimate of drug-likeness (QED) is 0.644. The Morgan fingerprint density at radius 1 is 1.39 bits per heavy atom. The largest absolute Gasteiger partial charge is 0.478 e. The van der Waals surface area contributed by atoms with Crippen LogP contribution >= 0.6 is 11.8 Å². The summed E-state index contributed by atoms with van der Waals surface area (Å²) >= 11 is 1.11. The zero-order chi connectivity index (χ0) is 13.8. The van der Waals surface area contributed by atoms with Gasteiger partial charge in [-0.2, -0.15) is 13.2 Å². The Bertz CT molecular complexity index is 430. The van der Waals surface area contributed by atoms with E-state index in [1.165, 1.54) is 12.1 Å². The van der Waals surface area contributed by atoms with Gasteiger partial charge in [0.25, 0.3) is 0 Å². The minimum Gasteiger partial charge on any atom is -0.478 e. The smallest absolute Gasteiger partial charge is 0.417 e. The molecule has 0 saturated heterocycles. The number of carbonyl (C=O) groups is 1. The predicted molar refractivity (Wildman–Crippen MR) is 64.0 cm³/mol. The molecule has 0 aliphatic rings. The molecular weight excluding hydrogens is 265 g/mol. The minimum atomic E-state index is -4.53. The zero-order valence-electron chi connectivity index (χ0n) is 9.75. The lowest BCUT2D eigenvalue weighted by atomic mass is 10.1. The molecule has 0 heterocycles. The molecule has 1 aromatic carbocycles. The van der Waals surface area contributed by atoms with Crippen LogP contribution in [-0.2, 0) is 6.18 Å². The van der Waals surface area contributed by atoms with Crippen LogP contribution in [0.5, 0.6) is 0 Å². The van der Waals surface area contributed by atoms with E-state index < -0.39 is 17.7 Å². The number of aromatic carboxylic acids is 1. The minimum absolute atomic E-state index is 0.0842. The average molecular weight is 278 g/mol. The number of halogens is 3. The van der Waals surface area contributed by atoms with Crippen molar-refractivity contribution in [1.29, 1.82) is 0 Å². The molecule has 6 heteroatoms. The molecule has 0 aromatic heterocycles. The highest BCUT2D eigenvalue weighted by atomic mass is 32.2. The van der Waals surface area contributed by atoms with E-state index in [0.29, 0.717) is 11.8 Å². The van der Waals surface area contributed by atoms with Crippen molar-refractivity contribution in [3.8, 4) is 0 Å². The number of carboxylic acids is 1. The first-order valence-electron chi connectivity index (χ1n) is 5.43. The van der Waals surface area contributed by atoms with Crippen molar-refractivity contribution in [3.05, 3.63) is 29.3 Å². The van der Waals surface area contributed by atoms with Crippen LogP contribution in [0.25, 0.3) is 0 Å². The van der Waals surface area contributed by atoms with E-state index in [2.05, 4.69) is 0 Å². The Morgan fingerprint density at radius 3 is 2.56 bits per heavy atom. The van der Waals surface area contributed by atoms with E-state index >= 15 is 0 Å². The molecule has 0 amide bonds. The highest BCUT2D eigenvalue weighted by molar-refractivity contribution is 7.99. The number of rotatable bonds is 5. The van der Waals surface area contributed by atoms with Crippen LogP contribution in [0, 0.1) is 0 Å². The van der Waals surface area contributed by atoms with Crippen LogP contribution in [0.2, 0.25) is 0 Å². The lowest BCUT2D eigenvalue weighted by molar-refractivity contribution is -0.139. The fourth-order valence-electron chi connectivity index (χ4n) is 1.34. The molecule has 2 nitrogen and oxygen atoms in total. The second kappa shape index (κ2) is 6.13. The van der Waals surface area contributed by atoms with Crippen LogP contribution < -0.4 is 0 Å². The number of unbranched alkanes of at least 4 members (excludes halogenated alkanes) is 1. The molecule has 0 radical (unpaired) electrons. The predicted octanol–water partition coefficient (Wildman–Crippen LogP) is 4.30. The van der Waals surface area contributed by atoms with Crippen molar-refractivity contribution in [2.24, 2.45) is 0 Å². The summed E-state index contributed by atoms with van der Waals surface area (Å²) in [6.45, 7) is 1.96. The second-order valence-corrected chi connectivity index (χ2v) is 4.85. The maximum atomic E-state index is 12.8. The molecule has 0 fully saturated rings. The summed E-state index contributed by atoms with van der Waals surface area (Å²) in [4.78, 5) is 10.8. The molecular formula is C12H13F3O2S. The van der Waals surface area contributed by atoms with E-state index in [0.717, 1.165) is 24.6 Å². The van der Waals surface area contributed by atoms with Gasteiger partial charge in [0.05, 0.1) is 11.1 Å². The second-order valence-electron chi connectivity index (χ2n) is 3.72. The molecule has 0 aliphatic heterocycles. The number of hydrogen-bond donors (Lipinski definition) is 1. The third-order valence-electron chi connectivity index (χ3n) is 2.29. The van der Waals surface area contributed by atoms with Gasteiger partial charge >= 0.3 is 12.1 Å². The fraction of sp³-hybridized carbons (Fsp3) is 0.417. The summed E-state index contributed by atoms with van der Waals surface area (Å²) in [5.74, 6) is -0.767. The van der Waals surface area contributed by atoms with Gasteiger partial charge in [0, 0.05) is 4.90 Å². The summed E-state index contributed by atoms with van der Waals surface area (Å²) in [5.41, 5.74) is -1.22. The van der Waals surface area contributed by atoms with Gasteiger partial charge in [-0.15, -0.1) is 11.8 Å². The molecule has 100 valence electrons. The molecule has 0 spiro atoms. The molecule has 1 aromatic rings. The van der Waals surface area contributed by atoms with Crippen molar-refractivity contribution < 1.29 is 23.1 Å². The molecule has 0 aliphatic carbocycles. The van der Waals surface area contributed by atoms with Gasteiger partial charge in [-0.1, -0.05) is 13.3 Å². The lowest BCUT2D eigenvalue weighted by Crippen LogP contribution is -2.09. The summed E-state index contributed by atoms with van der Waals surface area (Å²) in [6.07, 6.45) is -2.80. The Balaban J connectivity index is 3.05. The summed E-state index contributed by atoms with van der Waals surface area (Å²) < 4.78 is 38.4. The maximum Gasteiger partial charge on any atom is 0.417 e. The molecule has 0 unspecified atom stereocenters. The SMILES string of the molecule is CCCCSc1ccc(C(=O)O)cc1C(F)(F)F. The van der Waals surface area contributed by atoms with Gasteiger partial charge in [-0.3, -0.25) is 0 Å². The molecule has 18 heavy (non-hydrogen) atoms. The van der Waals surface area contributed by atoms with Crippen molar-refractivity contribution in [3.63, 3.8) is 0 Å². The van der Waals surface area contributed by atoms with Gasteiger partial charge in [0.2, 0.25) is 0 Å². The van der Waals surface area contributed by atoms with Gasteiger partial charge in [-0.25, -0.2) is 4.79 Å². The Labute approximate surface area is 107 Å². The Kier molecular flexibility index (Phi) is 5.07. The zero-order valence-corrected chi connectivity index (χ0v) is 10.6. The number of benzene rings is 1. The summed E-state index contributed by atoms with van der Waals surface area (Å²) in [5, 5.41) is 8.71. The van der Waals surface area contributed by atoms with Crippen LogP contribution in [-0.4, -0.2) is 16.8 Å². The number of hydrogen-bond acceptors (Lipinski definition) is 2. The Morgan fingerprint density at radius 2 is 2.06 bits per heavy atom. The van der Waals surface area contributed by atoms with Crippen LogP contribution in [0.15, 0.2) is 23.1 Å². The van der Waals surface area contributed by atoms with Crippen LogP contribution in [0.4, 0.5) is 13.2 Å². The van der Waals surface area contributed by atoms with E-state index in [1.807, 2.05) is 6.92 Å². The monoisotopic (exact) mass is 278 g/mol. The van der Waals surface area contributed by atoms with Crippen LogP contribution in [0.3, 0.4) is 0 Å². The molecule has 1 N–H and O–H groups in total. The van der Waals surface area contributed by atoms with E-state index in [-0.39, 0.29) is 10.5 Å². The van der Waals surface area contributed by atoms with Crippen molar-refractivity contribution in [2.75, 3.05) is 5.75 Å². The number of thioether (sulfide) groups is 1. The number of alkyl halides is 3. The highest BCUT2D eigenvalue weighted by Gasteiger charge is 2.34. The molecule has 0 atom stereocenters. The first-order valence-corrected chi connectivity index (χ1v) is 6.42. The molecule has 0 bridgehead atoms. The van der Waals surface area contributed by atoms with Crippen LogP contribution in [0.1, 0.15) is 35.7 Å². The first-order chi connectivity index (χ1) is 8.36. The third kappa shape index (κ3) is 3.94. The first kappa shape index (κ1) is 14.9. The summed E-state index contributed by atoms with van der Waals surface area (Å²) in [7, 11) is 0. The van der Waals surface area contributed by atoms with E-state index in [1.54, 1.807) is 0 Å². The highest BCUT2D eigenvalue weighted by Crippen LogP contribution is 2.37. The van der Waals surface area contributed by atoms with Gasteiger partial charge in [-0.05, 0) is 30.4 Å². The summed E-state index contributed by atoms with van der Waals surface area (Å²) in [6, 6.07) is 3.12. The third-order valence-corrected chi connectivity index (χ3v) is 3.45. The lowest BCUT2D eigenvalue weighted by Gasteiger charge is -2.13. The van der Waals surface area contributed by atoms with Crippen molar-refractivity contribution >= 4 is 17.7 Å². The normalized spacial score (nSPS) is 11.6. The average Bonchev–Trinajstić information content (AvgIpc) is 2.28. The standard InChI is InChI=1S/C12H13F3O2S/c1-2-3-6-18-10-5-4-8(11(16)17)7-9(10)12(13,14)15/h4-5,7H,2-3,6H2,1H3,(H,16,17). The Hall–Kier alpha value is -1.17. The maximum absolute atomic E-state index is 12.8. The fourth-order valence-corrected chi connectivity index (χ4v) is 2.48. The van der Waals surface area contributed by atoms with Gasteiger partial charge in [0.15, 0.2) is 0 Å². The topological polar surface area (TPSA) is 37.3 Å². The van der Waals surface area contributed by atoms with E-state index in [9.17, 15) is 18.0 Å². The van der Waals surface area contributed by atoms with Crippen molar-refractivity contribution in [1.82, 2.24) is 0 Å². The van der Waals surface area contributed by atoms with Gasteiger partial charge < -0.3 is 5.11 Å². The van der Waals surface area contributed by atoms with E-state index in [4.69, 9.17) is 5.11 Å². The van der Waals surface area contributed by atoms with Gasteiger partial charge in [0.1, 0.15) is 0 Å².